The molecule has 3 heterocycles. The summed E-state index contributed by atoms with van der Waals surface area (Å²) in [6.07, 6.45) is 1.77. The van der Waals surface area contributed by atoms with Crippen LogP contribution in [0.15, 0.2) is 60.8 Å². The van der Waals surface area contributed by atoms with Gasteiger partial charge in [-0.2, -0.15) is 0 Å². The standard InChI is InChI=1S/C18H11N3O/c22-11-7-8-12-13(10-11)17-16(6-3-9-19-17)21-15-5-2-1-4-14(15)20-18(12)21/h1-10,22H. The average molecular weight is 285 g/mol. The van der Waals surface area contributed by atoms with E-state index >= 15 is 0 Å². The topological polar surface area (TPSA) is 50.4 Å². The second-order valence-electron chi connectivity index (χ2n) is 5.36. The molecule has 104 valence electrons. The van der Waals surface area contributed by atoms with Crippen molar-refractivity contribution in [2.24, 2.45) is 0 Å². The molecule has 0 saturated heterocycles. The number of aromatic hydroxyl groups is 1. The number of aromatic nitrogens is 3. The Balaban J connectivity index is 2.22. The van der Waals surface area contributed by atoms with Gasteiger partial charge in [-0.3, -0.25) is 9.38 Å². The van der Waals surface area contributed by atoms with Gasteiger partial charge in [0.2, 0.25) is 0 Å². The Bertz CT molecular complexity index is 1190. The van der Waals surface area contributed by atoms with Crippen LogP contribution < -0.4 is 0 Å². The zero-order valence-electron chi connectivity index (χ0n) is 11.6. The maximum atomic E-state index is 9.85. The molecule has 0 fully saturated rings. The van der Waals surface area contributed by atoms with Crippen molar-refractivity contribution in [1.82, 2.24) is 14.4 Å². The molecular weight excluding hydrogens is 274 g/mol. The van der Waals surface area contributed by atoms with E-state index in [0.29, 0.717) is 0 Å². The summed E-state index contributed by atoms with van der Waals surface area (Å²) in [6.45, 7) is 0. The van der Waals surface area contributed by atoms with Crippen molar-refractivity contribution < 1.29 is 5.11 Å². The van der Waals surface area contributed by atoms with Gasteiger partial charge in [0.05, 0.1) is 22.1 Å². The number of nitrogens with zero attached hydrogens (tertiary/aromatic N) is 3. The molecule has 0 atom stereocenters. The first-order valence-corrected chi connectivity index (χ1v) is 7.09. The van der Waals surface area contributed by atoms with Gasteiger partial charge >= 0.3 is 0 Å². The van der Waals surface area contributed by atoms with E-state index in [0.717, 1.165) is 38.5 Å². The number of phenolic OH excluding ortho intramolecular Hbond substituents is 1. The summed E-state index contributed by atoms with van der Waals surface area (Å²) in [5.74, 6) is 0.236. The Kier molecular flexibility index (Phi) is 2.07. The Hall–Kier alpha value is -3.14. The van der Waals surface area contributed by atoms with Gasteiger partial charge in [-0.1, -0.05) is 12.1 Å². The van der Waals surface area contributed by atoms with Gasteiger partial charge in [-0.05, 0) is 42.5 Å². The molecule has 5 aromatic rings. The first-order chi connectivity index (χ1) is 10.8. The van der Waals surface area contributed by atoms with Gasteiger partial charge in [0.15, 0.2) is 0 Å². The highest BCUT2D eigenvalue weighted by Gasteiger charge is 2.13. The Morgan fingerprint density at radius 1 is 0.864 bits per heavy atom. The monoisotopic (exact) mass is 285 g/mol. The third kappa shape index (κ3) is 1.36. The van der Waals surface area contributed by atoms with Crippen LogP contribution in [0.25, 0.3) is 38.5 Å². The number of hydrogen-bond donors (Lipinski definition) is 1. The number of phenols is 1. The van der Waals surface area contributed by atoms with Gasteiger partial charge in [0, 0.05) is 17.0 Å². The quantitative estimate of drug-likeness (QED) is 0.439. The van der Waals surface area contributed by atoms with Crippen molar-refractivity contribution in [2.75, 3.05) is 0 Å². The van der Waals surface area contributed by atoms with E-state index in [2.05, 4.69) is 15.5 Å². The molecule has 4 heteroatoms. The fourth-order valence-corrected chi connectivity index (χ4v) is 3.16. The number of hydrogen-bond acceptors (Lipinski definition) is 3. The third-order valence-corrected chi connectivity index (χ3v) is 4.09. The molecule has 5 rings (SSSR count). The zero-order chi connectivity index (χ0) is 14.7. The molecule has 0 saturated carbocycles. The predicted octanol–water partition coefficient (Wildman–Crippen LogP) is 3.89. The minimum Gasteiger partial charge on any atom is -0.508 e. The minimum atomic E-state index is 0.236. The second-order valence-corrected chi connectivity index (χ2v) is 5.36. The molecule has 4 nitrogen and oxygen atoms in total. The highest BCUT2D eigenvalue weighted by atomic mass is 16.3. The van der Waals surface area contributed by atoms with Crippen LogP contribution in [0, 0.1) is 0 Å². The van der Waals surface area contributed by atoms with Crippen LogP contribution in [0.3, 0.4) is 0 Å². The van der Waals surface area contributed by atoms with Crippen LogP contribution in [-0.2, 0) is 0 Å². The van der Waals surface area contributed by atoms with Crippen LogP contribution in [0.4, 0.5) is 0 Å². The summed E-state index contributed by atoms with van der Waals surface area (Å²) in [7, 11) is 0. The van der Waals surface area contributed by atoms with E-state index in [1.165, 1.54) is 0 Å². The molecule has 3 aromatic heterocycles. The summed E-state index contributed by atoms with van der Waals surface area (Å²) in [4.78, 5) is 9.30. The van der Waals surface area contributed by atoms with Crippen molar-refractivity contribution in [3.05, 3.63) is 60.8 Å². The maximum absolute atomic E-state index is 9.85. The van der Waals surface area contributed by atoms with Gasteiger partial charge in [0.25, 0.3) is 0 Å². The molecule has 0 bridgehead atoms. The van der Waals surface area contributed by atoms with Crippen molar-refractivity contribution >= 4 is 38.5 Å². The highest BCUT2D eigenvalue weighted by Crippen LogP contribution is 2.32. The molecular formula is C18H11N3O. The van der Waals surface area contributed by atoms with Crippen LogP contribution >= 0.6 is 0 Å². The lowest BCUT2D eigenvalue weighted by atomic mass is 10.1. The van der Waals surface area contributed by atoms with Crippen LogP contribution in [0.1, 0.15) is 0 Å². The van der Waals surface area contributed by atoms with Crippen molar-refractivity contribution in [2.45, 2.75) is 0 Å². The van der Waals surface area contributed by atoms with E-state index in [9.17, 15) is 5.11 Å². The number of rotatable bonds is 0. The smallest absolute Gasteiger partial charge is 0.146 e. The van der Waals surface area contributed by atoms with Crippen molar-refractivity contribution in [3.8, 4) is 5.75 Å². The lowest BCUT2D eigenvalue weighted by molar-refractivity contribution is 0.476. The van der Waals surface area contributed by atoms with Crippen LogP contribution in [0.2, 0.25) is 0 Å². The first-order valence-electron chi connectivity index (χ1n) is 7.09. The highest BCUT2D eigenvalue weighted by molar-refractivity contribution is 6.12. The van der Waals surface area contributed by atoms with Gasteiger partial charge in [0.1, 0.15) is 11.4 Å². The molecule has 2 aromatic carbocycles. The minimum absolute atomic E-state index is 0.236. The molecule has 0 aliphatic heterocycles. The van der Waals surface area contributed by atoms with Crippen molar-refractivity contribution in [3.63, 3.8) is 0 Å². The van der Waals surface area contributed by atoms with E-state index in [-0.39, 0.29) is 5.75 Å². The lowest BCUT2D eigenvalue weighted by Crippen LogP contribution is -1.92. The third-order valence-electron chi connectivity index (χ3n) is 4.09. The average Bonchev–Trinajstić information content (AvgIpc) is 2.94. The second kappa shape index (κ2) is 3.95. The van der Waals surface area contributed by atoms with Gasteiger partial charge < -0.3 is 5.11 Å². The lowest BCUT2D eigenvalue weighted by Gasteiger charge is -2.08. The van der Waals surface area contributed by atoms with E-state index in [1.807, 2.05) is 36.4 Å². The predicted molar refractivity (Wildman–Crippen MR) is 87.2 cm³/mol. The molecule has 1 N–H and O–H groups in total. The summed E-state index contributed by atoms with van der Waals surface area (Å²) >= 11 is 0. The number of para-hydroxylation sites is 2. The summed E-state index contributed by atoms with van der Waals surface area (Å²) in [5.41, 5.74) is 4.75. The maximum Gasteiger partial charge on any atom is 0.146 e. The normalized spacial score (nSPS) is 11.8. The largest absolute Gasteiger partial charge is 0.508 e. The first kappa shape index (κ1) is 11.5. The number of benzene rings is 2. The van der Waals surface area contributed by atoms with Crippen molar-refractivity contribution in [1.29, 1.82) is 0 Å². The molecule has 22 heavy (non-hydrogen) atoms. The Morgan fingerprint density at radius 2 is 1.73 bits per heavy atom. The molecule has 0 aliphatic rings. The summed E-state index contributed by atoms with van der Waals surface area (Å²) < 4.78 is 2.14. The number of imidazole rings is 1. The van der Waals surface area contributed by atoms with Gasteiger partial charge in [-0.25, -0.2) is 4.98 Å². The number of fused-ring (bicyclic) bond motifs is 8. The SMILES string of the molecule is Oc1ccc2c(c1)c1ncccc1n1c3ccccc3nc21. The Morgan fingerprint density at radius 3 is 2.68 bits per heavy atom. The van der Waals surface area contributed by atoms with Crippen LogP contribution in [0.5, 0.6) is 5.75 Å². The molecule has 0 amide bonds. The summed E-state index contributed by atoms with van der Waals surface area (Å²) in [5, 5.41) is 11.7. The fraction of sp³-hybridized carbons (Fsp3) is 0. The zero-order valence-corrected chi connectivity index (χ0v) is 11.6. The van der Waals surface area contributed by atoms with E-state index < -0.39 is 0 Å². The fourth-order valence-electron chi connectivity index (χ4n) is 3.16. The Labute approximate surface area is 125 Å². The molecule has 0 radical (unpaired) electrons. The van der Waals surface area contributed by atoms with E-state index in [1.54, 1.807) is 18.3 Å². The molecule has 0 unspecified atom stereocenters. The summed E-state index contributed by atoms with van der Waals surface area (Å²) in [6, 6.07) is 17.4. The van der Waals surface area contributed by atoms with E-state index in [4.69, 9.17) is 4.98 Å². The van der Waals surface area contributed by atoms with Gasteiger partial charge in [-0.15, -0.1) is 0 Å². The number of pyridine rings is 2. The van der Waals surface area contributed by atoms with Crippen LogP contribution in [-0.4, -0.2) is 19.5 Å². The molecule has 0 aliphatic carbocycles. The molecule has 0 spiro atoms.